The minimum Gasteiger partial charge on any atom is -0.325 e. The lowest BCUT2D eigenvalue weighted by Crippen LogP contribution is -2.33. The number of hydrogen-bond donors (Lipinski definition) is 1. The standard InChI is InChI=1S/C29H21FN4O6S2/c1-15-2-8-18(9-3-15)31-21(35)14-32-28-25(42-29(32)38)22(16-4-6-17(30)7-5-16)23-24(41-28)27(37)33(26(23)36)19-10-12-20(13-11-19)34(39)40/h2-13,22-24H,14H2,1H3,(H,31,35). The van der Waals surface area contributed by atoms with E-state index in [0.717, 1.165) is 33.6 Å². The molecule has 2 aliphatic heterocycles. The number of hydrogen-bond acceptors (Lipinski definition) is 8. The molecule has 2 aliphatic rings. The number of nitro benzene ring substituents is 1. The van der Waals surface area contributed by atoms with Crippen molar-refractivity contribution in [2.24, 2.45) is 5.92 Å². The summed E-state index contributed by atoms with van der Waals surface area (Å²) in [5, 5.41) is 13.3. The van der Waals surface area contributed by atoms with E-state index in [1.807, 2.05) is 19.1 Å². The number of nitrogens with one attached hydrogen (secondary N) is 1. The number of aryl methyl sites for hydroxylation is 1. The Morgan fingerprint density at radius 2 is 1.64 bits per heavy atom. The molecule has 3 aromatic carbocycles. The second-order valence-electron chi connectivity index (χ2n) is 9.92. The Labute approximate surface area is 245 Å². The summed E-state index contributed by atoms with van der Waals surface area (Å²) in [4.78, 5) is 65.4. The molecule has 1 N–H and O–H groups in total. The molecule has 13 heteroatoms. The lowest BCUT2D eigenvalue weighted by Gasteiger charge is -2.30. The van der Waals surface area contributed by atoms with Crippen LogP contribution in [0.5, 0.6) is 0 Å². The van der Waals surface area contributed by atoms with Crippen LogP contribution in [-0.4, -0.2) is 32.5 Å². The number of anilines is 2. The summed E-state index contributed by atoms with van der Waals surface area (Å²) in [5.41, 5.74) is 2.12. The maximum atomic E-state index is 13.9. The van der Waals surface area contributed by atoms with Crippen LogP contribution in [0.4, 0.5) is 21.5 Å². The molecule has 0 saturated carbocycles. The number of fused-ring (bicyclic) bond motifs is 2. The van der Waals surface area contributed by atoms with Crippen LogP contribution in [0, 0.1) is 28.8 Å². The van der Waals surface area contributed by atoms with Crippen molar-refractivity contribution < 1.29 is 23.7 Å². The minimum atomic E-state index is -0.948. The van der Waals surface area contributed by atoms with Crippen LogP contribution in [0.15, 0.2) is 82.6 Å². The molecule has 3 heterocycles. The number of benzene rings is 3. The molecule has 0 spiro atoms. The number of nitro groups is 1. The van der Waals surface area contributed by atoms with Gasteiger partial charge >= 0.3 is 4.87 Å². The highest BCUT2D eigenvalue weighted by Crippen LogP contribution is 2.53. The first-order valence-electron chi connectivity index (χ1n) is 12.8. The fourth-order valence-corrected chi connectivity index (χ4v) is 8.02. The number of rotatable bonds is 6. The van der Waals surface area contributed by atoms with Crippen LogP contribution in [-0.2, 0) is 20.9 Å². The van der Waals surface area contributed by atoms with E-state index in [4.69, 9.17) is 0 Å². The predicted octanol–water partition coefficient (Wildman–Crippen LogP) is 4.70. The quantitative estimate of drug-likeness (QED) is 0.192. The first-order valence-corrected chi connectivity index (χ1v) is 14.5. The molecule has 10 nitrogen and oxygen atoms in total. The lowest BCUT2D eigenvalue weighted by molar-refractivity contribution is -0.384. The molecule has 3 amide bonds. The van der Waals surface area contributed by atoms with E-state index in [2.05, 4.69) is 5.32 Å². The third-order valence-corrected chi connectivity index (χ3v) is 9.84. The Morgan fingerprint density at radius 3 is 2.29 bits per heavy atom. The molecule has 0 radical (unpaired) electrons. The monoisotopic (exact) mass is 604 g/mol. The third-order valence-electron chi connectivity index (χ3n) is 7.23. The van der Waals surface area contributed by atoms with Gasteiger partial charge in [-0.2, -0.15) is 0 Å². The molecule has 3 atom stereocenters. The Morgan fingerprint density at radius 1 is 0.976 bits per heavy atom. The molecule has 1 fully saturated rings. The van der Waals surface area contributed by atoms with Gasteiger partial charge in [-0.1, -0.05) is 52.9 Å². The summed E-state index contributed by atoms with van der Waals surface area (Å²) >= 11 is 1.93. The van der Waals surface area contributed by atoms with E-state index < -0.39 is 50.4 Å². The lowest BCUT2D eigenvalue weighted by atomic mass is 9.83. The van der Waals surface area contributed by atoms with Crippen LogP contribution in [0.3, 0.4) is 0 Å². The molecule has 0 bridgehead atoms. The second-order valence-corrected chi connectivity index (χ2v) is 12.0. The number of imide groups is 1. The number of non-ortho nitro benzene ring substituents is 1. The number of thiazole rings is 1. The van der Waals surface area contributed by atoms with Gasteiger partial charge in [0.05, 0.1) is 21.6 Å². The molecule has 3 unspecified atom stereocenters. The van der Waals surface area contributed by atoms with Gasteiger partial charge in [-0.25, -0.2) is 9.29 Å². The highest BCUT2D eigenvalue weighted by atomic mass is 32.2. The first kappa shape index (κ1) is 27.5. The highest BCUT2D eigenvalue weighted by molar-refractivity contribution is 8.00. The van der Waals surface area contributed by atoms with Gasteiger partial charge in [0, 0.05) is 28.6 Å². The van der Waals surface area contributed by atoms with E-state index in [9.17, 15) is 33.7 Å². The number of amides is 3. The summed E-state index contributed by atoms with van der Waals surface area (Å²) < 4.78 is 15.2. The van der Waals surface area contributed by atoms with Gasteiger partial charge in [-0.05, 0) is 48.9 Å². The zero-order chi connectivity index (χ0) is 29.7. The molecule has 212 valence electrons. The highest BCUT2D eigenvalue weighted by Gasteiger charge is 2.56. The van der Waals surface area contributed by atoms with Gasteiger partial charge in [0.1, 0.15) is 17.6 Å². The van der Waals surface area contributed by atoms with Crippen LogP contribution in [0.25, 0.3) is 0 Å². The maximum absolute atomic E-state index is 13.9. The average Bonchev–Trinajstić information content (AvgIpc) is 3.41. The van der Waals surface area contributed by atoms with E-state index in [1.165, 1.54) is 53.1 Å². The average molecular weight is 605 g/mol. The Bertz CT molecular complexity index is 1800. The Balaban J connectivity index is 1.39. The van der Waals surface area contributed by atoms with Crippen molar-refractivity contribution in [2.75, 3.05) is 10.2 Å². The third kappa shape index (κ3) is 4.80. The number of aromatic nitrogens is 1. The van der Waals surface area contributed by atoms with Gasteiger partial charge in [0.25, 0.3) is 5.69 Å². The molecule has 1 saturated heterocycles. The van der Waals surface area contributed by atoms with Gasteiger partial charge in [-0.3, -0.25) is 33.9 Å². The van der Waals surface area contributed by atoms with Crippen LogP contribution >= 0.6 is 23.1 Å². The van der Waals surface area contributed by atoms with E-state index in [1.54, 1.807) is 12.1 Å². The van der Waals surface area contributed by atoms with Gasteiger partial charge in [-0.15, -0.1) is 0 Å². The summed E-state index contributed by atoms with van der Waals surface area (Å²) in [6.07, 6.45) is 0. The van der Waals surface area contributed by atoms with Gasteiger partial charge in [0.15, 0.2) is 0 Å². The maximum Gasteiger partial charge on any atom is 0.308 e. The molecular formula is C29H21FN4O6S2. The van der Waals surface area contributed by atoms with Gasteiger partial charge in [0.2, 0.25) is 17.7 Å². The molecular weight excluding hydrogens is 583 g/mol. The van der Waals surface area contributed by atoms with Gasteiger partial charge < -0.3 is 5.32 Å². The molecule has 42 heavy (non-hydrogen) atoms. The van der Waals surface area contributed by atoms with E-state index >= 15 is 0 Å². The van der Waals surface area contributed by atoms with E-state index in [0.29, 0.717) is 21.2 Å². The number of carbonyl (C=O) groups excluding carboxylic acids is 3. The van der Waals surface area contributed by atoms with Crippen molar-refractivity contribution >= 4 is 57.9 Å². The summed E-state index contributed by atoms with van der Waals surface area (Å²) in [6.45, 7) is 1.61. The smallest absolute Gasteiger partial charge is 0.308 e. The number of nitrogens with zero attached hydrogens (tertiary/aromatic N) is 3. The van der Waals surface area contributed by atoms with Crippen molar-refractivity contribution in [3.63, 3.8) is 0 Å². The van der Waals surface area contributed by atoms with Crippen molar-refractivity contribution in [2.45, 2.75) is 29.7 Å². The SMILES string of the molecule is Cc1ccc(NC(=O)Cn2c3c(sc2=O)C(c2ccc(F)cc2)C2C(=O)N(c4ccc([N+](=O)[O-])cc4)C(=O)C2S3)cc1. The minimum absolute atomic E-state index is 0.182. The van der Waals surface area contributed by atoms with Crippen LogP contribution in [0.1, 0.15) is 21.9 Å². The summed E-state index contributed by atoms with van der Waals surface area (Å²) in [7, 11) is 0. The molecule has 0 aliphatic carbocycles. The molecule has 4 aromatic rings. The predicted molar refractivity (Wildman–Crippen MR) is 155 cm³/mol. The molecule has 6 rings (SSSR count). The number of halogens is 1. The van der Waals surface area contributed by atoms with Crippen LogP contribution < -0.4 is 15.1 Å². The fraction of sp³-hybridized carbons (Fsp3) is 0.172. The van der Waals surface area contributed by atoms with Crippen molar-refractivity contribution in [3.05, 3.63) is 114 Å². The van der Waals surface area contributed by atoms with Crippen LogP contribution in [0.2, 0.25) is 0 Å². The first-order chi connectivity index (χ1) is 20.1. The fourth-order valence-electron chi connectivity index (χ4n) is 5.24. The van der Waals surface area contributed by atoms with Crippen molar-refractivity contribution in [3.8, 4) is 0 Å². The second kappa shape index (κ2) is 10.7. The zero-order valence-electron chi connectivity index (χ0n) is 21.9. The number of carbonyl (C=O) groups is 3. The topological polar surface area (TPSA) is 132 Å². The normalized spacial score (nSPS) is 19.4. The van der Waals surface area contributed by atoms with E-state index in [-0.39, 0.29) is 17.9 Å². The Kier molecular flexibility index (Phi) is 6.99. The number of thioether (sulfide) groups is 1. The largest absolute Gasteiger partial charge is 0.325 e. The van der Waals surface area contributed by atoms with Crippen molar-refractivity contribution in [1.29, 1.82) is 0 Å². The zero-order valence-corrected chi connectivity index (χ0v) is 23.5. The summed E-state index contributed by atoms with van der Waals surface area (Å²) in [5.74, 6) is -3.69. The summed E-state index contributed by atoms with van der Waals surface area (Å²) in [6, 6.07) is 17.8. The van der Waals surface area contributed by atoms with Crippen molar-refractivity contribution in [1.82, 2.24) is 4.57 Å². The molecule has 1 aromatic heterocycles. The Hall–Kier alpha value is -4.62.